The minimum absolute atomic E-state index is 0.0115. The van der Waals surface area contributed by atoms with Gasteiger partial charge in [0.05, 0.1) is 11.2 Å². The Morgan fingerprint density at radius 2 is 2.03 bits per heavy atom. The van der Waals surface area contributed by atoms with Crippen molar-refractivity contribution in [3.05, 3.63) is 58.7 Å². The number of anilines is 2. The van der Waals surface area contributed by atoms with Gasteiger partial charge in [0.1, 0.15) is 23.5 Å². The molecule has 2 aliphatic heterocycles. The maximum Gasteiger partial charge on any atom is 0.251 e. The molecule has 0 radical (unpaired) electrons. The molecular weight excluding hydrogens is 392 g/mol. The smallest absolute Gasteiger partial charge is 0.251 e. The van der Waals surface area contributed by atoms with Crippen LogP contribution in [0.3, 0.4) is 0 Å². The van der Waals surface area contributed by atoms with Gasteiger partial charge in [-0.3, -0.25) is 4.79 Å². The van der Waals surface area contributed by atoms with E-state index in [1.54, 1.807) is 12.1 Å². The molecule has 0 saturated carbocycles. The predicted molar refractivity (Wildman–Crippen MR) is 118 cm³/mol. The molecule has 0 spiro atoms. The van der Waals surface area contributed by atoms with Crippen molar-refractivity contribution in [2.24, 2.45) is 5.92 Å². The van der Waals surface area contributed by atoms with Crippen molar-refractivity contribution in [1.29, 1.82) is 0 Å². The van der Waals surface area contributed by atoms with Crippen molar-refractivity contribution < 1.29 is 0 Å². The van der Waals surface area contributed by atoms with Crippen LogP contribution in [0.25, 0.3) is 22.3 Å². The number of pyridine rings is 1. The zero-order chi connectivity index (χ0) is 21.1. The van der Waals surface area contributed by atoms with Gasteiger partial charge in [0.15, 0.2) is 5.82 Å². The molecule has 0 aliphatic carbocycles. The molecule has 1 saturated heterocycles. The number of aromatic amines is 1. The van der Waals surface area contributed by atoms with Crippen LogP contribution in [0.2, 0.25) is 0 Å². The highest BCUT2D eigenvalue weighted by Gasteiger charge is 2.36. The molecule has 2 bridgehead atoms. The van der Waals surface area contributed by atoms with Crippen LogP contribution < -0.4 is 16.2 Å². The normalized spacial score (nSPS) is 20.1. The molecule has 0 unspecified atom stereocenters. The van der Waals surface area contributed by atoms with E-state index in [1.807, 2.05) is 23.8 Å². The molecule has 4 aromatic rings. The van der Waals surface area contributed by atoms with Crippen LogP contribution in [0.15, 0.2) is 41.6 Å². The number of fused-ring (bicyclic) bond motifs is 5. The van der Waals surface area contributed by atoms with Crippen LogP contribution in [0, 0.1) is 12.8 Å². The molecule has 6 rings (SSSR count). The second kappa shape index (κ2) is 6.63. The summed E-state index contributed by atoms with van der Waals surface area (Å²) in [5.74, 6) is 2.72. The molecule has 3 N–H and O–H groups in total. The summed E-state index contributed by atoms with van der Waals surface area (Å²) in [5, 5.41) is 0. The first-order valence-corrected chi connectivity index (χ1v) is 10.4. The fourth-order valence-electron chi connectivity index (χ4n) is 5.08. The maximum absolute atomic E-state index is 13.0. The van der Waals surface area contributed by atoms with E-state index in [2.05, 4.69) is 30.9 Å². The summed E-state index contributed by atoms with van der Waals surface area (Å²) in [7, 11) is 0. The molecule has 6 heterocycles. The van der Waals surface area contributed by atoms with Gasteiger partial charge in [-0.2, -0.15) is 0 Å². The standard InChI is InChI=1S/C22H22N8O/c1-12-27-16-2-3-24-21(16)22(28-12)29-8-13-4-15(10-29)18-5-14(6-20(31)30(18)9-13)17-7-19(23)26-11-25-17/h2-3,5-7,11,13,15,24H,4,8-10H2,1H3,(H2,23,25,26)/t13-,15+/m0/s1. The fraction of sp³-hybridized carbons (Fsp3) is 0.318. The van der Waals surface area contributed by atoms with Crippen LogP contribution in [-0.4, -0.2) is 42.6 Å². The fourth-order valence-corrected chi connectivity index (χ4v) is 5.08. The van der Waals surface area contributed by atoms with E-state index in [9.17, 15) is 4.79 Å². The second-order valence-electron chi connectivity index (χ2n) is 8.48. The quantitative estimate of drug-likeness (QED) is 0.515. The summed E-state index contributed by atoms with van der Waals surface area (Å²) in [5.41, 5.74) is 10.2. The van der Waals surface area contributed by atoms with Gasteiger partial charge in [0.25, 0.3) is 5.56 Å². The summed E-state index contributed by atoms with van der Waals surface area (Å²) in [4.78, 5) is 36.1. The number of rotatable bonds is 2. The van der Waals surface area contributed by atoms with E-state index in [1.165, 1.54) is 6.33 Å². The average molecular weight is 414 g/mol. The highest BCUT2D eigenvalue weighted by atomic mass is 16.1. The van der Waals surface area contributed by atoms with E-state index >= 15 is 0 Å². The average Bonchev–Trinajstić information content (AvgIpc) is 3.22. The number of aryl methyl sites for hydroxylation is 1. The molecule has 156 valence electrons. The minimum atomic E-state index is 0.0115. The van der Waals surface area contributed by atoms with Gasteiger partial charge < -0.3 is 20.2 Å². The van der Waals surface area contributed by atoms with Gasteiger partial charge in [-0.1, -0.05) is 0 Å². The molecule has 0 aromatic carbocycles. The van der Waals surface area contributed by atoms with Gasteiger partial charge in [-0.15, -0.1) is 0 Å². The first-order valence-electron chi connectivity index (χ1n) is 10.4. The van der Waals surface area contributed by atoms with E-state index in [0.717, 1.165) is 53.4 Å². The van der Waals surface area contributed by atoms with Gasteiger partial charge in [-0.05, 0) is 31.4 Å². The lowest BCUT2D eigenvalue weighted by atomic mass is 9.82. The van der Waals surface area contributed by atoms with Crippen molar-refractivity contribution >= 4 is 22.7 Å². The summed E-state index contributed by atoms with van der Waals surface area (Å²) in [6.45, 7) is 4.31. The molecule has 1 fully saturated rings. The van der Waals surface area contributed by atoms with E-state index in [4.69, 9.17) is 10.7 Å². The maximum atomic E-state index is 13.0. The highest BCUT2D eigenvalue weighted by molar-refractivity contribution is 5.86. The number of hydrogen-bond acceptors (Lipinski definition) is 7. The van der Waals surface area contributed by atoms with Crippen LogP contribution in [0.1, 0.15) is 23.9 Å². The van der Waals surface area contributed by atoms with Crippen molar-refractivity contribution in [1.82, 2.24) is 29.5 Å². The third-order valence-corrected chi connectivity index (χ3v) is 6.34. The molecule has 31 heavy (non-hydrogen) atoms. The molecule has 2 atom stereocenters. The molecule has 9 nitrogen and oxygen atoms in total. The Morgan fingerprint density at radius 3 is 2.90 bits per heavy atom. The number of nitrogens with two attached hydrogens (primary N) is 1. The van der Waals surface area contributed by atoms with Crippen LogP contribution in [0.4, 0.5) is 11.6 Å². The zero-order valence-corrected chi connectivity index (χ0v) is 17.1. The lowest BCUT2D eigenvalue weighted by molar-refractivity contribution is 0.281. The topological polar surface area (TPSA) is 119 Å². The summed E-state index contributed by atoms with van der Waals surface area (Å²) >= 11 is 0. The number of nitrogen functional groups attached to an aromatic ring is 1. The van der Waals surface area contributed by atoms with Gasteiger partial charge in [-0.25, -0.2) is 19.9 Å². The van der Waals surface area contributed by atoms with Crippen LogP contribution >= 0.6 is 0 Å². The van der Waals surface area contributed by atoms with E-state index in [-0.39, 0.29) is 11.5 Å². The van der Waals surface area contributed by atoms with Crippen LogP contribution in [0.5, 0.6) is 0 Å². The second-order valence-corrected chi connectivity index (χ2v) is 8.48. The van der Waals surface area contributed by atoms with E-state index in [0.29, 0.717) is 24.0 Å². The van der Waals surface area contributed by atoms with Gasteiger partial charge in [0.2, 0.25) is 0 Å². The lowest BCUT2D eigenvalue weighted by Crippen LogP contribution is -2.47. The molecular formula is C22H22N8O. The summed E-state index contributed by atoms with van der Waals surface area (Å²) in [6.07, 6.45) is 4.39. The minimum Gasteiger partial charge on any atom is -0.384 e. The number of piperidine rings is 1. The Balaban J connectivity index is 1.42. The van der Waals surface area contributed by atoms with Crippen molar-refractivity contribution in [2.75, 3.05) is 23.7 Å². The predicted octanol–water partition coefficient (Wildman–Crippen LogP) is 2.09. The number of nitrogens with one attached hydrogen (secondary N) is 1. The monoisotopic (exact) mass is 414 g/mol. The van der Waals surface area contributed by atoms with Crippen molar-refractivity contribution in [3.63, 3.8) is 0 Å². The Kier molecular flexibility index (Phi) is 3.86. The van der Waals surface area contributed by atoms with E-state index < -0.39 is 0 Å². The number of aromatic nitrogens is 6. The molecule has 2 aliphatic rings. The zero-order valence-electron chi connectivity index (χ0n) is 17.1. The summed E-state index contributed by atoms with van der Waals surface area (Å²) in [6, 6.07) is 7.42. The van der Waals surface area contributed by atoms with Crippen LogP contribution in [-0.2, 0) is 6.54 Å². The molecule has 0 amide bonds. The first-order chi connectivity index (χ1) is 15.0. The Hall–Kier alpha value is -3.75. The third-order valence-electron chi connectivity index (χ3n) is 6.34. The number of nitrogens with zero attached hydrogens (tertiary/aromatic N) is 6. The lowest BCUT2D eigenvalue weighted by Gasteiger charge is -2.43. The van der Waals surface area contributed by atoms with Gasteiger partial charge in [0, 0.05) is 55.1 Å². The van der Waals surface area contributed by atoms with Crippen molar-refractivity contribution in [2.45, 2.75) is 25.8 Å². The largest absolute Gasteiger partial charge is 0.384 e. The Morgan fingerprint density at radius 1 is 1.13 bits per heavy atom. The highest BCUT2D eigenvalue weighted by Crippen LogP contribution is 2.38. The Bertz CT molecular complexity index is 1370. The van der Waals surface area contributed by atoms with Gasteiger partial charge >= 0.3 is 0 Å². The number of hydrogen-bond donors (Lipinski definition) is 2. The molecule has 4 aromatic heterocycles. The number of H-pyrrole nitrogens is 1. The van der Waals surface area contributed by atoms with Crippen molar-refractivity contribution in [3.8, 4) is 11.3 Å². The molecule has 9 heteroatoms. The SMILES string of the molecule is Cc1nc(N2C[C@@H]3C[C@H](C2)c2cc(-c4cc(N)ncn4)cc(=O)n2C3)c2[nH]ccc2n1. The summed E-state index contributed by atoms with van der Waals surface area (Å²) < 4.78 is 1.93. The Labute approximate surface area is 178 Å². The first kappa shape index (κ1) is 18.1. The third kappa shape index (κ3) is 2.96.